The van der Waals surface area contributed by atoms with Gasteiger partial charge in [-0.1, -0.05) is 6.08 Å². The summed E-state index contributed by atoms with van der Waals surface area (Å²) in [6.07, 6.45) is 3.83. The smallest absolute Gasteiger partial charge is 0.0480 e. The molecule has 2 nitrogen and oxygen atoms in total. The summed E-state index contributed by atoms with van der Waals surface area (Å²) in [5, 5.41) is 3.24. The van der Waals surface area contributed by atoms with E-state index < -0.39 is 0 Å². The second kappa shape index (κ2) is 5.03. The highest BCUT2D eigenvalue weighted by Gasteiger charge is 1.91. The maximum Gasteiger partial charge on any atom is 0.0480 e. The summed E-state index contributed by atoms with van der Waals surface area (Å²) >= 11 is 0. The summed E-state index contributed by atoms with van der Waals surface area (Å²) in [5.74, 6) is 0. The number of nitrogens with one attached hydrogen (secondary N) is 1. The van der Waals surface area contributed by atoms with Crippen LogP contribution in [0.25, 0.3) is 0 Å². The van der Waals surface area contributed by atoms with Gasteiger partial charge in [-0.15, -0.1) is 0 Å². The van der Waals surface area contributed by atoms with Crippen LogP contribution in [0, 0.1) is 0 Å². The molecule has 0 aliphatic heterocycles. The Morgan fingerprint density at radius 3 is 2.40 bits per heavy atom. The third-order valence-electron chi connectivity index (χ3n) is 1.03. The molecule has 0 heterocycles. The first kappa shape index (κ1) is 9.21. The van der Waals surface area contributed by atoms with Gasteiger partial charge in [-0.3, -0.25) is 4.99 Å². The molecule has 0 saturated carbocycles. The van der Waals surface area contributed by atoms with Gasteiger partial charge in [0.05, 0.1) is 0 Å². The number of rotatable bonds is 3. The Labute approximate surface area is 63.0 Å². The number of hydrogen-bond acceptors (Lipinski definition) is 2. The predicted molar refractivity (Wildman–Crippen MR) is 46.4 cm³/mol. The van der Waals surface area contributed by atoms with Crippen LogP contribution in [0.4, 0.5) is 0 Å². The molecule has 0 atom stereocenters. The average molecular weight is 140 g/mol. The van der Waals surface area contributed by atoms with Crippen molar-refractivity contribution in [3.05, 3.63) is 11.8 Å². The van der Waals surface area contributed by atoms with Gasteiger partial charge in [-0.05, 0) is 20.8 Å². The number of hydrogen-bond donors (Lipinski definition) is 1. The number of nitrogens with zero attached hydrogens (tertiary/aromatic N) is 1. The Morgan fingerprint density at radius 2 is 2.10 bits per heavy atom. The quantitative estimate of drug-likeness (QED) is 0.591. The first-order valence-electron chi connectivity index (χ1n) is 3.55. The molecule has 0 aliphatic carbocycles. The largest absolute Gasteiger partial charge is 0.382 e. The molecule has 0 unspecified atom stereocenters. The lowest BCUT2D eigenvalue weighted by Gasteiger charge is -2.08. The van der Waals surface area contributed by atoms with E-state index in [1.807, 2.05) is 19.2 Å². The fraction of sp³-hybridized carbons (Fsp3) is 0.625. The van der Waals surface area contributed by atoms with Gasteiger partial charge in [0.25, 0.3) is 0 Å². The highest BCUT2D eigenvalue weighted by Crippen LogP contribution is 1.87. The van der Waals surface area contributed by atoms with Crippen molar-refractivity contribution in [2.45, 2.75) is 26.8 Å². The van der Waals surface area contributed by atoms with Crippen LogP contribution in [0.15, 0.2) is 16.8 Å². The van der Waals surface area contributed by atoms with E-state index in [0.29, 0.717) is 6.04 Å². The fourth-order valence-electron chi connectivity index (χ4n) is 0.668. The molecule has 58 valence electrons. The maximum absolute atomic E-state index is 3.90. The van der Waals surface area contributed by atoms with Gasteiger partial charge in [0, 0.05) is 25.0 Å². The predicted octanol–water partition coefficient (Wildman–Crippen LogP) is 1.59. The molecular formula is C8H16N2. The third-order valence-corrected chi connectivity index (χ3v) is 1.03. The van der Waals surface area contributed by atoms with E-state index in [1.165, 1.54) is 0 Å². The van der Waals surface area contributed by atoms with Crippen LogP contribution >= 0.6 is 0 Å². The normalized spacial score (nSPS) is 13.1. The van der Waals surface area contributed by atoms with Crippen molar-refractivity contribution in [1.29, 1.82) is 0 Å². The van der Waals surface area contributed by atoms with E-state index in [-0.39, 0.29) is 0 Å². The van der Waals surface area contributed by atoms with Gasteiger partial charge in [0.1, 0.15) is 0 Å². The molecule has 0 aromatic heterocycles. The second-order valence-electron chi connectivity index (χ2n) is 2.43. The van der Waals surface area contributed by atoms with Gasteiger partial charge in [-0.25, -0.2) is 0 Å². The lowest BCUT2D eigenvalue weighted by molar-refractivity contribution is 0.688. The highest BCUT2D eigenvalue weighted by atomic mass is 14.9. The first-order valence-corrected chi connectivity index (χ1v) is 3.55. The fourth-order valence-corrected chi connectivity index (χ4v) is 0.668. The van der Waals surface area contributed by atoms with Crippen molar-refractivity contribution < 1.29 is 0 Å². The molecule has 0 bridgehead atoms. The summed E-state index contributed by atoms with van der Waals surface area (Å²) in [5.41, 5.74) is 1.08. The zero-order valence-electron chi connectivity index (χ0n) is 7.18. The monoisotopic (exact) mass is 140 g/mol. The average Bonchev–Trinajstić information content (AvgIpc) is 1.86. The molecule has 1 N–H and O–H groups in total. The SMILES string of the molecule is C/C=C(\C=N/C)NC(C)C. The van der Waals surface area contributed by atoms with Crippen LogP contribution in [0.5, 0.6) is 0 Å². The Balaban J connectivity index is 3.86. The van der Waals surface area contributed by atoms with Crippen molar-refractivity contribution in [1.82, 2.24) is 5.32 Å². The van der Waals surface area contributed by atoms with Crippen LogP contribution in [-0.2, 0) is 0 Å². The maximum atomic E-state index is 3.90. The van der Waals surface area contributed by atoms with E-state index >= 15 is 0 Å². The van der Waals surface area contributed by atoms with Crippen LogP contribution in [0.3, 0.4) is 0 Å². The third kappa shape index (κ3) is 4.13. The van der Waals surface area contributed by atoms with Crippen molar-refractivity contribution >= 4 is 6.21 Å². The van der Waals surface area contributed by atoms with Gasteiger partial charge in [0.2, 0.25) is 0 Å². The van der Waals surface area contributed by atoms with Crippen LogP contribution in [-0.4, -0.2) is 19.3 Å². The Bertz CT molecular complexity index is 134. The van der Waals surface area contributed by atoms with Crippen molar-refractivity contribution in [2.24, 2.45) is 4.99 Å². The van der Waals surface area contributed by atoms with Gasteiger partial charge in [0.15, 0.2) is 0 Å². The summed E-state index contributed by atoms with van der Waals surface area (Å²) in [6.45, 7) is 6.20. The van der Waals surface area contributed by atoms with E-state index in [2.05, 4.69) is 24.2 Å². The summed E-state index contributed by atoms with van der Waals surface area (Å²) < 4.78 is 0. The van der Waals surface area contributed by atoms with Gasteiger partial charge < -0.3 is 5.32 Å². The molecule has 0 aromatic carbocycles. The van der Waals surface area contributed by atoms with E-state index in [4.69, 9.17) is 0 Å². The van der Waals surface area contributed by atoms with Crippen molar-refractivity contribution in [2.75, 3.05) is 7.05 Å². The van der Waals surface area contributed by atoms with Crippen LogP contribution < -0.4 is 5.32 Å². The van der Waals surface area contributed by atoms with Gasteiger partial charge in [-0.2, -0.15) is 0 Å². The summed E-state index contributed by atoms with van der Waals surface area (Å²) in [4.78, 5) is 3.90. The molecule has 0 rings (SSSR count). The summed E-state index contributed by atoms with van der Waals surface area (Å²) in [7, 11) is 1.77. The zero-order valence-corrected chi connectivity index (χ0v) is 7.18. The summed E-state index contributed by atoms with van der Waals surface area (Å²) in [6, 6.07) is 0.476. The molecule has 0 radical (unpaired) electrons. The molecule has 0 fully saturated rings. The molecular weight excluding hydrogens is 124 g/mol. The van der Waals surface area contributed by atoms with E-state index in [9.17, 15) is 0 Å². The van der Waals surface area contributed by atoms with E-state index in [0.717, 1.165) is 5.70 Å². The van der Waals surface area contributed by atoms with Crippen LogP contribution in [0.1, 0.15) is 20.8 Å². The topological polar surface area (TPSA) is 24.4 Å². The molecule has 0 aromatic rings. The number of aliphatic imine (C=N–C) groups is 1. The second-order valence-corrected chi connectivity index (χ2v) is 2.43. The van der Waals surface area contributed by atoms with Crippen LogP contribution in [0.2, 0.25) is 0 Å². The Hall–Kier alpha value is -0.790. The minimum atomic E-state index is 0.476. The number of allylic oxidation sites excluding steroid dienone is 2. The Morgan fingerprint density at radius 1 is 1.50 bits per heavy atom. The molecule has 0 spiro atoms. The molecule has 0 aliphatic rings. The lowest BCUT2D eigenvalue weighted by atomic mass is 10.3. The highest BCUT2D eigenvalue weighted by molar-refractivity contribution is 5.77. The lowest BCUT2D eigenvalue weighted by Crippen LogP contribution is -2.22. The van der Waals surface area contributed by atoms with Crippen molar-refractivity contribution in [3.8, 4) is 0 Å². The minimum Gasteiger partial charge on any atom is -0.382 e. The van der Waals surface area contributed by atoms with Crippen molar-refractivity contribution in [3.63, 3.8) is 0 Å². The first-order chi connectivity index (χ1) is 4.70. The minimum absolute atomic E-state index is 0.476. The zero-order chi connectivity index (χ0) is 7.98. The van der Waals surface area contributed by atoms with Gasteiger partial charge >= 0.3 is 0 Å². The van der Waals surface area contributed by atoms with E-state index in [1.54, 1.807) is 7.05 Å². The Kier molecular flexibility index (Phi) is 4.63. The molecule has 10 heavy (non-hydrogen) atoms. The molecule has 0 amide bonds. The molecule has 2 heteroatoms. The standard InChI is InChI=1S/C8H16N2/c1-5-8(6-9-4)10-7(2)3/h5-7,10H,1-4H3/b8-5+,9-6-. The molecule has 0 saturated heterocycles.